The van der Waals surface area contributed by atoms with Crippen LogP contribution in [0, 0.1) is 0 Å². The molecule has 0 saturated carbocycles. The third-order valence-corrected chi connectivity index (χ3v) is 9.82. The fourth-order valence-electron chi connectivity index (χ4n) is 5.45. The molecule has 3 aromatic carbocycles. The predicted octanol–water partition coefficient (Wildman–Crippen LogP) is 4.12. The summed E-state index contributed by atoms with van der Waals surface area (Å²) < 4.78 is 34.5. The Morgan fingerprint density at radius 2 is 1.60 bits per heavy atom. The summed E-state index contributed by atoms with van der Waals surface area (Å²) in [5.41, 5.74) is 4.24. The SMILES string of the molecule is CN1CCN(c2ccc(-c3ccc4ncc(S(=O)(=O)N5CCOCC5)c(Nc5ccccc5C(=O)O)c4c3)cc2)CC1. The normalized spacial score (nSPS) is 16.9. The number of piperazine rings is 1. The fraction of sp³-hybridized carbons (Fsp3) is 0.290. The Kier molecular flexibility index (Phi) is 7.82. The molecule has 3 heterocycles. The molecule has 4 aromatic rings. The summed E-state index contributed by atoms with van der Waals surface area (Å²) in [6, 6.07) is 20.6. The molecule has 11 heteroatoms. The summed E-state index contributed by atoms with van der Waals surface area (Å²) in [5, 5.41) is 13.6. The van der Waals surface area contributed by atoms with E-state index in [4.69, 9.17) is 4.74 Å². The van der Waals surface area contributed by atoms with Gasteiger partial charge in [-0.05, 0) is 54.6 Å². The number of carboxylic acid groups (broad SMARTS) is 1. The molecule has 2 aliphatic rings. The molecular weight excluding hydrogens is 554 g/mol. The van der Waals surface area contributed by atoms with Gasteiger partial charge in [-0.1, -0.05) is 30.3 Å². The Morgan fingerprint density at radius 3 is 2.31 bits per heavy atom. The number of hydrogen-bond donors (Lipinski definition) is 2. The van der Waals surface area contributed by atoms with Crippen LogP contribution in [0.25, 0.3) is 22.0 Å². The summed E-state index contributed by atoms with van der Waals surface area (Å²) in [7, 11) is -1.83. The van der Waals surface area contributed by atoms with E-state index in [-0.39, 0.29) is 34.9 Å². The number of likely N-dealkylation sites (N-methyl/N-ethyl adjacent to an activating group) is 1. The lowest BCUT2D eigenvalue weighted by Crippen LogP contribution is -2.44. The van der Waals surface area contributed by atoms with Gasteiger partial charge in [-0.2, -0.15) is 4.31 Å². The number of ether oxygens (including phenoxy) is 1. The molecule has 2 saturated heterocycles. The first-order chi connectivity index (χ1) is 20.3. The van der Waals surface area contributed by atoms with Gasteiger partial charge in [0.1, 0.15) is 4.90 Å². The van der Waals surface area contributed by atoms with E-state index >= 15 is 0 Å². The second-order valence-electron chi connectivity index (χ2n) is 10.6. The molecule has 0 bridgehead atoms. The zero-order valence-corrected chi connectivity index (χ0v) is 24.2. The molecule has 0 aliphatic carbocycles. The first-order valence-electron chi connectivity index (χ1n) is 14.0. The molecule has 218 valence electrons. The number of carbonyl (C=O) groups is 1. The van der Waals surface area contributed by atoms with E-state index in [1.165, 1.54) is 22.3 Å². The highest BCUT2D eigenvalue weighted by molar-refractivity contribution is 7.89. The number of nitrogens with zero attached hydrogens (tertiary/aromatic N) is 4. The number of pyridine rings is 1. The van der Waals surface area contributed by atoms with Crippen molar-refractivity contribution >= 4 is 44.0 Å². The number of aromatic carboxylic acids is 1. The molecule has 2 aliphatic heterocycles. The van der Waals surface area contributed by atoms with Crippen molar-refractivity contribution < 1.29 is 23.1 Å². The van der Waals surface area contributed by atoms with E-state index in [0.717, 1.165) is 37.3 Å². The number of carboxylic acids is 1. The van der Waals surface area contributed by atoms with Crippen LogP contribution in [0.1, 0.15) is 10.4 Å². The highest BCUT2D eigenvalue weighted by Gasteiger charge is 2.30. The van der Waals surface area contributed by atoms with Gasteiger partial charge >= 0.3 is 5.97 Å². The average Bonchev–Trinajstić information content (AvgIpc) is 3.02. The molecule has 1 aromatic heterocycles. The van der Waals surface area contributed by atoms with Crippen molar-refractivity contribution in [2.24, 2.45) is 0 Å². The monoisotopic (exact) mass is 587 g/mol. The standard InChI is InChI=1S/C31H33N5O5S/c1-34-12-14-35(15-13-34)24-9-6-22(7-10-24)23-8-11-27-26(20-23)30(33-28-5-3-2-4-25(28)31(37)38)29(21-32-27)42(39,40)36-16-18-41-19-17-36/h2-11,20-21H,12-19H2,1H3,(H,32,33)(H,37,38). The zero-order chi connectivity index (χ0) is 29.3. The second kappa shape index (κ2) is 11.7. The summed E-state index contributed by atoms with van der Waals surface area (Å²) in [5.74, 6) is -1.12. The Bertz CT molecular complexity index is 1710. The minimum Gasteiger partial charge on any atom is -0.478 e. The number of fused-ring (bicyclic) bond motifs is 1. The van der Waals surface area contributed by atoms with Crippen molar-refractivity contribution in [3.05, 3.63) is 78.5 Å². The van der Waals surface area contributed by atoms with Crippen LogP contribution in [0.3, 0.4) is 0 Å². The number of sulfonamides is 1. The van der Waals surface area contributed by atoms with Crippen LogP contribution < -0.4 is 10.2 Å². The molecule has 10 nitrogen and oxygen atoms in total. The van der Waals surface area contributed by atoms with Crippen molar-refractivity contribution in [1.29, 1.82) is 0 Å². The van der Waals surface area contributed by atoms with Crippen molar-refractivity contribution in [2.75, 3.05) is 69.7 Å². The summed E-state index contributed by atoms with van der Waals surface area (Å²) in [4.78, 5) is 21.2. The molecule has 0 radical (unpaired) electrons. The van der Waals surface area contributed by atoms with E-state index in [9.17, 15) is 18.3 Å². The molecule has 6 rings (SSSR count). The highest BCUT2D eigenvalue weighted by Crippen LogP contribution is 2.37. The third kappa shape index (κ3) is 5.56. The minimum atomic E-state index is -3.96. The predicted molar refractivity (Wildman–Crippen MR) is 163 cm³/mol. The number of morpholine rings is 1. The van der Waals surface area contributed by atoms with Gasteiger partial charge in [0.15, 0.2) is 0 Å². The third-order valence-electron chi connectivity index (χ3n) is 7.91. The average molecular weight is 588 g/mol. The second-order valence-corrected chi connectivity index (χ2v) is 12.5. The Labute approximate surface area is 245 Å². The van der Waals surface area contributed by atoms with Gasteiger partial charge in [0.2, 0.25) is 10.0 Å². The van der Waals surface area contributed by atoms with Crippen LogP contribution in [0.15, 0.2) is 77.8 Å². The topological polar surface area (TPSA) is 115 Å². The van der Waals surface area contributed by atoms with Gasteiger partial charge in [0.25, 0.3) is 0 Å². The van der Waals surface area contributed by atoms with Gasteiger partial charge in [-0.15, -0.1) is 0 Å². The van der Waals surface area contributed by atoms with E-state index in [2.05, 4.69) is 51.4 Å². The van der Waals surface area contributed by atoms with Gasteiger partial charge in [-0.25, -0.2) is 13.2 Å². The van der Waals surface area contributed by atoms with E-state index in [1.807, 2.05) is 18.2 Å². The molecule has 0 unspecified atom stereocenters. The smallest absolute Gasteiger partial charge is 0.337 e. The summed E-state index contributed by atoms with van der Waals surface area (Å²) in [6.07, 6.45) is 1.35. The van der Waals surface area contributed by atoms with Gasteiger partial charge in [-0.3, -0.25) is 4.98 Å². The van der Waals surface area contributed by atoms with Gasteiger partial charge < -0.3 is 25.0 Å². The van der Waals surface area contributed by atoms with Gasteiger partial charge in [0.05, 0.1) is 35.7 Å². The van der Waals surface area contributed by atoms with E-state index in [1.54, 1.807) is 18.2 Å². The maximum Gasteiger partial charge on any atom is 0.337 e. The summed E-state index contributed by atoms with van der Waals surface area (Å²) in [6.45, 7) is 5.07. The number of anilines is 3. The Hall–Kier alpha value is -4.03. The van der Waals surface area contributed by atoms with Crippen LogP contribution in [-0.4, -0.2) is 93.2 Å². The lowest BCUT2D eigenvalue weighted by atomic mass is 10.0. The minimum absolute atomic E-state index is 0.0142. The summed E-state index contributed by atoms with van der Waals surface area (Å²) >= 11 is 0. The van der Waals surface area contributed by atoms with Crippen LogP contribution in [-0.2, 0) is 14.8 Å². The van der Waals surface area contributed by atoms with E-state index in [0.29, 0.717) is 24.1 Å². The van der Waals surface area contributed by atoms with Crippen molar-refractivity contribution in [1.82, 2.24) is 14.2 Å². The quantitative estimate of drug-likeness (QED) is 0.330. The maximum atomic E-state index is 13.9. The number of nitrogens with one attached hydrogen (secondary N) is 1. The largest absolute Gasteiger partial charge is 0.478 e. The van der Waals surface area contributed by atoms with Crippen LogP contribution in [0.2, 0.25) is 0 Å². The molecule has 2 fully saturated rings. The number of benzene rings is 3. The lowest BCUT2D eigenvalue weighted by Gasteiger charge is -2.34. The van der Waals surface area contributed by atoms with Gasteiger partial charge in [0, 0.05) is 56.5 Å². The highest BCUT2D eigenvalue weighted by atomic mass is 32.2. The first-order valence-corrected chi connectivity index (χ1v) is 15.4. The maximum absolute atomic E-state index is 13.9. The lowest BCUT2D eigenvalue weighted by molar-refractivity contribution is 0.0698. The Balaban J connectivity index is 1.45. The van der Waals surface area contributed by atoms with E-state index < -0.39 is 16.0 Å². The Morgan fingerprint density at radius 1 is 0.905 bits per heavy atom. The van der Waals surface area contributed by atoms with Crippen LogP contribution >= 0.6 is 0 Å². The molecule has 0 amide bonds. The fourth-order valence-corrected chi connectivity index (χ4v) is 6.96. The molecule has 2 N–H and O–H groups in total. The number of hydrogen-bond acceptors (Lipinski definition) is 8. The number of rotatable bonds is 7. The molecular formula is C31H33N5O5S. The number of aromatic nitrogens is 1. The van der Waals surface area contributed by atoms with Crippen LogP contribution in [0.5, 0.6) is 0 Å². The van der Waals surface area contributed by atoms with Crippen molar-refractivity contribution in [2.45, 2.75) is 4.90 Å². The van der Waals surface area contributed by atoms with Crippen molar-refractivity contribution in [3.8, 4) is 11.1 Å². The van der Waals surface area contributed by atoms with Crippen LogP contribution in [0.4, 0.5) is 17.1 Å². The first kappa shape index (κ1) is 28.1. The molecule has 42 heavy (non-hydrogen) atoms. The molecule has 0 spiro atoms. The number of para-hydroxylation sites is 1. The van der Waals surface area contributed by atoms with Crippen molar-refractivity contribution in [3.63, 3.8) is 0 Å². The molecule has 0 atom stereocenters. The zero-order valence-electron chi connectivity index (χ0n) is 23.4.